The van der Waals surface area contributed by atoms with Gasteiger partial charge in [-0.2, -0.15) is 0 Å². The lowest BCUT2D eigenvalue weighted by atomic mass is 9.73. The number of nitrogens with zero attached hydrogens (tertiary/aromatic N) is 1. The van der Waals surface area contributed by atoms with E-state index in [1.165, 1.54) is 0 Å². The summed E-state index contributed by atoms with van der Waals surface area (Å²) in [6.45, 7) is 1.56. The topological polar surface area (TPSA) is 59.0 Å². The van der Waals surface area contributed by atoms with E-state index in [4.69, 9.17) is 9.47 Å². The van der Waals surface area contributed by atoms with Gasteiger partial charge in [-0.3, -0.25) is 4.79 Å². The molecule has 1 aromatic carbocycles. The van der Waals surface area contributed by atoms with Crippen LogP contribution in [0.3, 0.4) is 0 Å². The molecule has 5 heteroatoms. The second-order valence-corrected chi connectivity index (χ2v) is 5.26. The molecule has 1 aliphatic heterocycles. The van der Waals surface area contributed by atoms with Gasteiger partial charge in [-0.1, -0.05) is 6.07 Å². The van der Waals surface area contributed by atoms with E-state index < -0.39 is 11.4 Å². The highest BCUT2D eigenvalue weighted by Gasteiger charge is 2.42. The van der Waals surface area contributed by atoms with Crippen LogP contribution in [-0.2, 0) is 10.2 Å². The van der Waals surface area contributed by atoms with E-state index in [1.807, 2.05) is 13.1 Å². The van der Waals surface area contributed by atoms with Gasteiger partial charge >= 0.3 is 5.97 Å². The summed E-state index contributed by atoms with van der Waals surface area (Å²) in [7, 11) is 5.14. The minimum Gasteiger partial charge on any atom is -0.493 e. The van der Waals surface area contributed by atoms with Gasteiger partial charge in [0.2, 0.25) is 0 Å². The molecule has 0 bridgehead atoms. The van der Waals surface area contributed by atoms with Crippen LogP contribution in [0.4, 0.5) is 0 Å². The summed E-state index contributed by atoms with van der Waals surface area (Å²) < 4.78 is 10.5. The van der Waals surface area contributed by atoms with E-state index in [2.05, 4.69) is 4.90 Å². The van der Waals surface area contributed by atoms with Gasteiger partial charge in [0, 0.05) is 0 Å². The van der Waals surface area contributed by atoms with Gasteiger partial charge in [0.25, 0.3) is 0 Å². The maximum atomic E-state index is 11.8. The molecule has 0 radical (unpaired) electrons. The van der Waals surface area contributed by atoms with E-state index in [0.29, 0.717) is 24.3 Å². The molecule has 110 valence electrons. The van der Waals surface area contributed by atoms with Crippen LogP contribution in [-0.4, -0.2) is 50.3 Å². The number of likely N-dealkylation sites (tertiary alicyclic amines) is 1. The molecule has 1 fully saturated rings. The fourth-order valence-corrected chi connectivity index (χ4v) is 2.76. The van der Waals surface area contributed by atoms with Crippen LogP contribution in [0.2, 0.25) is 0 Å². The van der Waals surface area contributed by atoms with E-state index in [-0.39, 0.29) is 0 Å². The quantitative estimate of drug-likeness (QED) is 0.910. The number of aliphatic carboxylic acids is 1. The zero-order chi connectivity index (χ0) is 14.8. The van der Waals surface area contributed by atoms with Crippen LogP contribution in [0.25, 0.3) is 0 Å². The highest BCUT2D eigenvalue weighted by atomic mass is 16.5. The van der Waals surface area contributed by atoms with E-state index in [9.17, 15) is 9.90 Å². The lowest BCUT2D eigenvalue weighted by molar-refractivity contribution is -0.145. The monoisotopic (exact) mass is 279 g/mol. The van der Waals surface area contributed by atoms with Crippen molar-refractivity contribution in [1.82, 2.24) is 4.90 Å². The van der Waals surface area contributed by atoms with Crippen molar-refractivity contribution in [3.05, 3.63) is 23.8 Å². The number of methoxy groups -OCH3 is 2. The molecular formula is C15H21NO4. The Balaban J connectivity index is 2.42. The first kappa shape index (κ1) is 14.7. The minimum absolute atomic E-state index is 0.574. The van der Waals surface area contributed by atoms with Crippen molar-refractivity contribution in [3.8, 4) is 11.5 Å². The summed E-state index contributed by atoms with van der Waals surface area (Å²) in [5.41, 5.74) is -0.0396. The Morgan fingerprint density at radius 2 is 1.80 bits per heavy atom. The summed E-state index contributed by atoms with van der Waals surface area (Å²) >= 11 is 0. The molecule has 0 atom stereocenters. The lowest BCUT2D eigenvalue weighted by Gasteiger charge is -2.37. The van der Waals surface area contributed by atoms with Gasteiger partial charge in [0.1, 0.15) is 0 Å². The van der Waals surface area contributed by atoms with Crippen molar-refractivity contribution >= 4 is 5.97 Å². The Morgan fingerprint density at radius 1 is 1.20 bits per heavy atom. The molecule has 1 aromatic rings. The van der Waals surface area contributed by atoms with Gasteiger partial charge in [-0.05, 0) is 50.7 Å². The Hall–Kier alpha value is -1.75. The zero-order valence-corrected chi connectivity index (χ0v) is 12.2. The second kappa shape index (κ2) is 5.71. The molecule has 1 saturated heterocycles. The molecule has 0 aromatic heterocycles. The van der Waals surface area contributed by atoms with Gasteiger partial charge in [0.05, 0.1) is 19.6 Å². The van der Waals surface area contributed by atoms with Gasteiger partial charge in [-0.25, -0.2) is 0 Å². The van der Waals surface area contributed by atoms with E-state index in [1.54, 1.807) is 26.4 Å². The van der Waals surface area contributed by atoms with Crippen LogP contribution < -0.4 is 9.47 Å². The molecule has 20 heavy (non-hydrogen) atoms. The Morgan fingerprint density at radius 3 is 2.30 bits per heavy atom. The number of hydrogen-bond donors (Lipinski definition) is 1. The molecule has 0 amide bonds. The average molecular weight is 279 g/mol. The van der Waals surface area contributed by atoms with Crippen LogP contribution in [0.15, 0.2) is 18.2 Å². The standard InChI is InChI=1S/C15H21NO4/c1-16-8-6-15(7-9-16,14(17)18)11-4-5-12(19-2)13(10-11)20-3/h4-5,10H,6-9H2,1-3H3,(H,17,18). The summed E-state index contributed by atoms with van der Waals surface area (Å²) in [5, 5.41) is 9.73. The summed E-state index contributed by atoms with van der Waals surface area (Å²) in [6.07, 6.45) is 1.21. The van der Waals surface area contributed by atoms with E-state index >= 15 is 0 Å². The van der Waals surface area contributed by atoms with Gasteiger partial charge in [-0.15, -0.1) is 0 Å². The molecule has 0 spiro atoms. The van der Waals surface area contributed by atoms with Crippen molar-refractivity contribution in [2.24, 2.45) is 0 Å². The number of benzene rings is 1. The normalized spacial score (nSPS) is 18.6. The SMILES string of the molecule is COc1ccc(C2(C(=O)O)CCN(C)CC2)cc1OC. The first-order valence-electron chi connectivity index (χ1n) is 6.68. The maximum absolute atomic E-state index is 11.8. The third-order valence-electron chi connectivity index (χ3n) is 4.19. The van der Waals surface area contributed by atoms with Crippen molar-refractivity contribution in [2.45, 2.75) is 18.3 Å². The molecule has 1 heterocycles. The molecule has 0 unspecified atom stereocenters. The highest BCUT2D eigenvalue weighted by molar-refractivity contribution is 5.82. The number of piperidine rings is 1. The van der Waals surface area contributed by atoms with Crippen molar-refractivity contribution in [2.75, 3.05) is 34.4 Å². The molecule has 1 aliphatic rings. The maximum Gasteiger partial charge on any atom is 0.314 e. The van der Waals surface area contributed by atoms with Crippen LogP contribution in [0, 0.1) is 0 Å². The number of carboxylic acids is 1. The third kappa shape index (κ3) is 2.45. The predicted octanol–water partition coefficient (Wildman–Crippen LogP) is 1.75. The summed E-state index contributed by atoms with van der Waals surface area (Å²) in [4.78, 5) is 14.0. The van der Waals surface area contributed by atoms with Crippen LogP contribution >= 0.6 is 0 Å². The molecule has 2 rings (SSSR count). The number of hydrogen-bond acceptors (Lipinski definition) is 4. The number of carbonyl (C=O) groups is 1. The predicted molar refractivity (Wildman–Crippen MR) is 75.6 cm³/mol. The second-order valence-electron chi connectivity index (χ2n) is 5.26. The zero-order valence-electron chi connectivity index (χ0n) is 12.2. The molecule has 1 N–H and O–H groups in total. The van der Waals surface area contributed by atoms with Crippen molar-refractivity contribution in [3.63, 3.8) is 0 Å². The molecule has 0 saturated carbocycles. The number of ether oxygens (including phenoxy) is 2. The fraction of sp³-hybridized carbons (Fsp3) is 0.533. The van der Waals surface area contributed by atoms with Crippen LogP contribution in [0.1, 0.15) is 18.4 Å². The number of carboxylic acid groups (broad SMARTS) is 1. The van der Waals surface area contributed by atoms with Crippen molar-refractivity contribution < 1.29 is 19.4 Å². The molecule has 0 aliphatic carbocycles. The lowest BCUT2D eigenvalue weighted by Crippen LogP contribution is -2.46. The van der Waals surface area contributed by atoms with Gasteiger partial charge in [0.15, 0.2) is 11.5 Å². The summed E-state index contributed by atoms with van der Waals surface area (Å²) in [5.74, 6) is 0.423. The largest absolute Gasteiger partial charge is 0.493 e. The Labute approximate surface area is 119 Å². The number of rotatable bonds is 4. The highest BCUT2D eigenvalue weighted by Crippen LogP contribution is 2.39. The summed E-state index contributed by atoms with van der Waals surface area (Å²) in [6, 6.07) is 5.40. The van der Waals surface area contributed by atoms with Crippen molar-refractivity contribution in [1.29, 1.82) is 0 Å². The first-order chi connectivity index (χ1) is 9.53. The average Bonchev–Trinajstić information content (AvgIpc) is 2.47. The van der Waals surface area contributed by atoms with E-state index in [0.717, 1.165) is 18.7 Å². The smallest absolute Gasteiger partial charge is 0.314 e. The van der Waals surface area contributed by atoms with Crippen LogP contribution in [0.5, 0.6) is 11.5 Å². The third-order valence-corrected chi connectivity index (χ3v) is 4.19. The molecule has 5 nitrogen and oxygen atoms in total. The minimum atomic E-state index is -0.827. The molecular weight excluding hydrogens is 258 g/mol. The Kier molecular flexibility index (Phi) is 4.18. The Bertz CT molecular complexity index is 493. The first-order valence-corrected chi connectivity index (χ1v) is 6.68. The van der Waals surface area contributed by atoms with Gasteiger partial charge < -0.3 is 19.5 Å². The fourth-order valence-electron chi connectivity index (χ4n) is 2.76.